The number of halogens is 1. The monoisotopic (exact) mass is 300 g/mol. The molecule has 1 aromatic carbocycles. The van der Waals surface area contributed by atoms with Crippen LogP contribution in [-0.2, 0) is 0 Å². The Morgan fingerprint density at radius 2 is 2.24 bits per heavy atom. The molecule has 0 radical (unpaired) electrons. The molecule has 0 atom stereocenters. The molecule has 0 spiro atoms. The highest BCUT2D eigenvalue weighted by atomic mass is 35.5. The van der Waals surface area contributed by atoms with Gasteiger partial charge in [0.25, 0.3) is 0 Å². The third-order valence-corrected chi connectivity index (χ3v) is 3.30. The highest BCUT2D eigenvalue weighted by Gasteiger charge is 2.17. The molecular weight excluding hydrogens is 292 g/mol. The van der Waals surface area contributed by atoms with Gasteiger partial charge in [0, 0.05) is 11.1 Å². The van der Waals surface area contributed by atoms with Gasteiger partial charge in [-0.25, -0.2) is 4.98 Å². The Hall–Kier alpha value is -2.85. The number of aromatic nitrogens is 4. The largest absolute Gasteiger partial charge is 0.618 e. The van der Waals surface area contributed by atoms with Crippen LogP contribution in [0.3, 0.4) is 0 Å². The molecular formula is C13H9ClN6O. The third-order valence-electron chi connectivity index (χ3n) is 3.07. The molecule has 21 heavy (non-hydrogen) atoms. The molecule has 2 heterocycles. The Morgan fingerprint density at radius 3 is 2.90 bits per heavy atom. The van der Waals surface area contributed by atoms with E-state index in [0.717, 1.165) is 0 Å². The molecule has 0 saturated heterocycles. The summed E-state index contributed by atoms with van der Waals surface area (Å²) < 4.78 is 1.92. The lowest BCUT2D eigenvalue weighted by Crippen LogP contribution is -2.28. The van der Waals surface area contributed by atoms with Gasteiger partial charge >= 0.3 is 0 Å². The van der Waals surface area contributed by atoms with Crippen molar-refractivity contribution < 1.29 is 4.73 Å². The minimum absolute atomic E-state index is 0.149. The Morgan fingerprint density at radius 1 is 1.48 bits per heavy atom. The number of benzene rings is 1. The average molecular weight is 301 g/mol. The van der Waals surface area contributed by atoms with E-state index in [9.17, 15) is 5.21 Å². The van der Waals surface area contributed by atoms with E-state index in [-0.39, 0.29) is 17.2 Å². The summed E-state index contributed by atoms with van der Waals surface area (Å²) in [5, 5.41) is 25.7. The van der Waals surface area contributed by atoms with Crippen LogP contribution < -0.4 is 10.5 Å². The molecule has 104 valence electrons. The van der Waals surface area contributed by atoms with Crippen LogP contribution in [0, 0.1) is 23.5 Å². The lowest BCUT2D eigenvalue weighted by atomic mass is 10.3. The van der Waals surface area contributed by atoms with Gasteiger partial charge in [0.15, 0.2) is 0 Å². The Kier molecular flexibility index (Phi) is 2.89. The number of anilines is 1. The molecule has 0 fully saturated rings. The van der Waals surface area contributed by atoms with Crippen LogP contribution in [0.1, 0.15) is 11.3 Å². The van der Waals surface area contributed by atoms with Gasteiger partial charge in [0.2, 0.25) is 17.5 Å². The van der Waals surface area contributed by atoms with Crippen LogP contribution in [0.4, 0.5) is 5.82 Å². The number of rotatable bonds is 1. The Balaban J connectivity index is 2.27. The van der Waals surface area contributed by atoms with Gasteiger partial charge in [-0.05, 0) is 19.1 Å². The van der Waals surface area contributed by atoms with Gasteiger partial charge in [0.1, 0.15) is 23.0 Å². The zero-order valence-electron chi connectivity index (χ0n) is 10.9. The highest BCUT2D eigenvalue weighted by molar-refractivity contribution is 6.31. The van der Waals surface area contributed by atoms with Crippen molar-refractivity contribution in [1.29, 1.82) is 5.26 Å². The van der Waals surface area contributed by atoms with Crippen molar-refractivity contribution in [1.82, 2.24) is 14.8 Å². The number of aryl methyl sites for hydroxylation is 1. The second-order valence-electron chi connectivity index (χ2n) is 4.43. The smallest absolute Gasteiger partial charge is 0.244 e. The minimum atomic E-state index is 0.149. The zero-order chi connectivity index (χ0) is 15.1. The molecule has 0 aliphatic carbocycles. The van der Waals surface area contributed by atoms with Gasteiger partial charge in [-0.3, -0.25) is 0 Å². The van der Waals surface area contributed by atoms with E-state index >= 15 is 0 Å². The number of nitrogen functional groups attached to an aromatic ring is 1. The number of fused-ring (bicyclic) bond motifs is 1. The minimum Gasteiger partial charge on any atom is -0.618 e. The molecule has 0 aliphatic rings. The fraction of sp³-hybridized carbons (Fsp3) is 0.0769. The highest BCUT2D eigenvalue weighted by Crippen LogP contribution is 2.20. The normalized spacial score (nSPS) is 10.7. The second kappa shape index (κ2) is 4.61. The fourth-order valence-corrected chi connectivity index (χ4v) is 2.22. The van der Waals surface area contributed by atoms with Gasteiger partial charge in [-0.2, -0.15) is 19.8 Å². The maximum atomic E-state index is 12.1. The predicted octanol–water partition coefficient (Wildman–Crippen LogP) is 1.47. The first kappa shape index (κ1) is 13.1. The van der Waals surface area contributed by atoms with Crippen molar-refractivity contribution in [2.24, 2.45) is 0 Å². The summed E-state index contributed by atoms with van der Waals surface area (Å²) in [5.41, 5.74) is 7.42. The molecule has 0 bridgehead atoms. The lowest BCUT2D eigenvalue weighted by Gasteiger charge is -2.06. The van der Waals surface area contributed by atoms with E-state index in [4.69, 9.17) is 22.6 Å². The molecule has 8 heteroatoms. The van der Waals surface area contributed by atoms with E-state index in [1.807, 2.05) is 6.07 Å². The van der Waals surface area contributed by atoms with Crippen LogP contribution in [0.2, 0.25) is 5.02 Å². The Labute approximate surface area is 124 Å². The van der Waals surface area contributed by atoms with Crippen molar-refractivity contribution in [3.63, 3.8) is 0 Å². The van der Waals surface area contributed by atoms with Crippen LogP contribution in [0.25, 0.3) is 16.9 Å². The first-order valence-electron chi connectivity index (χ1n) is 5.96. The fourth-order valence-electron chi connectivity index (χ4n) is 2.05. The van der Waals surface area contributed by atoms with Gasteiger partial charge < -0.3 is 10.9 Å². The van der Waals surface area contributed by atoms with Crippen molar-refractivity contribution in [3.05, 3.63) is 45.9 Å². The molecule has 3 rings (SSSR count). The Bertz CT molecular complexity index is 911. The quantitative estimate of drug-likeness (QED) is 0.541. The van der Waals surface area contributed by atoms with Crippen LogP contribution in [-0.4, -0.2) is 14.8 Å². The van der Waals surface area contributed by atoms with Gasteiger partial charge in [0.05, 0.1) is 5.69 Å². The van der Waals surface area contributed by atoms with E-state index in [0.29, 0.717) is 26.5 Å². The van der Waals surface area contributed by atoms with E-state index in [1.165, 1.54) is 16.9 Å². The number of hydrogen-bond donors (Lipinski definition) is 1. The molecule has 2 aromatic heterocycles. The number of hydrogen-bond acceptors (Lipinski definition) is 5. The predicted molar refractivity (Wildman–Crippen MR) is 76.7 cm³/mol. The zero-order valence-corrected chi connectivity index (χ0v) is 11.7. The molecule has 0 aliphatic heterocycles. The number of nitrogens with zero attached hydrogens (tertiary/aromatic N) is 5. The molecule has 0 saturated carbocycles. The van der Waals surface area contributed by atoms with E-state index in [1.54, 1.807) is 19.1 Å². The second-order valence-corrected chi connectivity index (χ2v) is 4.86. The summed E-state index contributed by atoms with van der Waals surface area (Å²) in [6, 6.07) is 6.77. The molecule has 0 unspecified atom stereocenters. The van der Waals surface area contributed by atoms with Crippen molar-refractivity contribution in [2.45, 2.75) is 6.92 Å². The first-order chi connectivity index (χ1) is 10.0. The van der Waals surface area contributed by atoms with Crippen LogP contribution >= 0.6 is 11.6 Å². The van der Waals surface area contributed by atoms with Crippen molar-refractivity contribution in [3.8, 4) is 11.9 Å². The maximum absolute atomic E-state index is 12.1. The molecule has 0 amide bonds. The van der Waals surface area contributed by atoms with Crippen LogP contribution in [0.5, 0.6) is 0 Å². The standard InChI is InChI=1S/C13H9ClN6O/c1-7-9(5-15)13(16)20(18-7)12-6-19(21)11-4-8(14)2-3-10(11)17-12/h2-4,6H,16H2,1H3. The van der Waals surface area contributed by atoms with Crippen molar-refractivity contribution in [2.75, 3.05) is 5.73 Å². The topological polar surface area (TPSA) is 107 Å². The summed E-state index contributed by atoms with van der Waals surface area (Å²) >= 11 is 5.86. The summed E-state index contributed by atoms with van der Waals surface area (Å²) in [4.78, 5) is 4.33. The maximum Gasteiger partial charge on any atom is 0.244 e. The molecule has 7 nitrogen and oxygen atoms in total. The van der Waals surface area contributed by atoms with Crippen molar-refractivity contribution >= 4 is 28.5 Å². The molecule has 2 N–H and O–H groups in total. The summed E-state index contributed by atoms with van der Waals surface area (Å²) in [6.45, 7) is 1.66. The third kappa shape index (κ3) is 2.02. The summed E-state index contributed by atoms with van der Waals surface area (Å²) in [7, 11) is 0. The molecule has 3 aromatic rings. The summed E-state index contributed by atoms with van der Waals surface area (Å²) in [5.74, 6) is 0.387. The van der Waals surface area contributed by atoms with E-state index in [2.05, 4.69) is 10.1 Å². The number of nitriles is 1. The van der Waals surface area contributed by atoms with E-state index < -0.39 is 0 Å². The summed E-state index contributed by atoms with van der Waals surface area (Å²) in [6.07, 6.45) is 1.24. The lowest BCUT2D eigenvalue weighted by molar-refractivity contribution is -0.577. The average Bonchev–Trinajstić information content (AvgIpc) is 2.74. The van der Waals surface area contributed by atoms with Gasteiger partial charge in [-0.15, -0.1) is 0 Å². The SMILES string of the molecule is Cc1nn(-c2c[n+]([O-])c3cc(Cl)ccc3n2)c(N)c1C#N. The first-order valence-corrected chi connectivity index (χ1v) is 6.34. The van der Waals surface area contributed by atoms with Gasteiger partial charge in [-0.1, -0.05) is 11.6 Å². The van der Waals surface area contributed by atoms with Crippen LogP contribution in [0.15, 0.2) is 24.4 Å². The number of nitrogens with two attached hydrogens (primary N) is 1.